The van der Waals surface area contributed by atoms with Gasteiger partial charge in [0.15, 0.2) is 0 Å². The molecule has 486 valence electrons. The maximum atomic E-state index is 2.42. The van der Waals surface area contributed by atoms with Crippen molar-refractivity contribution < 1.29 is 0 Å². The summed E-state index contributed by atoms with van der Waals surface area (Å²) in [5.41, 5.74) is 36.0. The van der Waals surface area contributed by atoms with E-state index in [1.165, 1.54) is 122 Å². The molecule has 17 rings (SSSR count). The summed E-state index contributed by atoms with van der Waals surface area (Å²) in [5, 5.41) is 0. The molecule has 0 aromatic heterocycles. The fraction of sp³-hybridized carbons (Fsp3) is 0.0600. The highest BCUT2D eigenvalue weighted by Gasteiger charge is 2.38. The molecule has 15 aromatic rings. The lowest BCUT2D eigenvalue weighted by atomic mass is 9.81. The molecule has 2 nitrogen and oxygen atoms in total. The summed E-state index contributed by atoms with van der Waals surface area (Å²) < 4.78 is 0. The van der Waals surface area contributed by atoms with Crippen molar-refractivity contribution in [3.63, 3.8) is 0 Å². The lowest BCUT2D eigenvalue weighted by Crippen LogP contribution is -2.16. The number of anilines is 6. The molecule has 0 saturated heterocycles. The highest BCUT2D eigenvalue weighted by Crippen LogP contribution is 2.53. The topological polar surface area (TPSA) is 6.48 Å². The van der Waals surface area contributed by atoms with Gasteiger partial charge in [-0.2, -0.15) is 0 Å². The molecule has 0 heterocycles. The lowest BCUT2D eigenvalue weighted by molar-refractivity contribution is 0.660. The van der Waals surface area contributed by atoms with Gasteiger partial charge in [0.25, 0.3) is 0 Å². The van der Waals surface area contributed by atoms with Crippen LogP contribution in [-0.2, 0) is 10.8 Å². The smallest absolute Gasteiger partial charge is 0.0465 e. The molecule has 0 spiro atoms. The van der Waals surface area contributed by atoms with E-state index >= 15 is 0 Å². The fourth-order valence-corrected chi connectivity index (χ4v) is 15.4. The van der Waals surface area contributed by atoms with E-state index in [-0.39, 0.29) is 10.8 Å². The van der Waals surface area contributed by atoms with E-state index in [0.717, 1.165) is 45.3 Å². The van der Waals surface area contributed by atoms with Crippen LogP contribution >= 0.6 is 0 Å². The normalized spacial score (nSPS) is 13.0. The van der Waals surface area contributed by atoms with Crippen molar-refractivity contribution in [2.75, 3.05) is 9.80 Å². The monoisotopic (exact) mass is 1300 g/mol. The molecular weight excluding hydrogens is 1230 g/mol. The summed E-state index contributed by atoms with van der Waals surface area (Å²) in [5.74, 6) is 0. The third kappa shape index (κ3) is 12.2. The van der Waals surface area contributed by atoms with Gasteiger partial charge in [0.2, 0.25) is 0 Å². The summed E-state index contributed by atoms with van der Waals surface area (Å²) in [6.45, 7) is 9.50. The molecule has 0 amide bonds. The highest BCUT2D eigenvalue weighted by atomic mass is 15.1. The molecule has 102 heavy (non-hydrogen) atoms. The van der Waals surface area contributed by atoms with Crippen molar-refractivity contribution in [2.45, 2.75) is 38.5 Å². The highest BCUT2D eigenvalue weighted by molar-refractivity contribution is 5.91. The molecule has 2 aliphatic carbocycles. The Hall–Kier alpha value is -12.6. The van der Waals surface area contributed by atoms with Crippen LogP contribution in [0.25, 0.3) is 113 Å². The first kappa shape index (κ1) is 62.9. The molecule has 0 saturated carbocycles. The Morgan fingerprint density at radius 3 is 0.627 bits per heavy atom. The summed E-state index contributed by atoms with van der Waals surface area (Å²) in [4.78, 5) is 4.79. The number of fused-ring (bicyclic) bond motifs is 6. The maximum Gasteiger partial charge on any atom is 0.0465 e. The van der Waals surface area contributed by atoms with Gasteiger partial charge >= 0.3 is 0 Å². The van der Waals surface area contributed by atoms with E-state index in [9.17, 15) is 0 Å². The lowest BCUT2D eigenvalue weighted by Gasteiger charge is -2.28. The number of benzene rings is 15. The van der Waals surface area contributed by atoms with Crippen LogP contribution in [-0.4, -0.2) is 0 Å². The Balaban J connectivity index is 0.553. The minimum Gasteiger partial charge on any atom is -0.310 e. The van der Waals surface area contributed by atoms with Gasteiger partial charge in [-0.3, -0.25) is 0 Å². The van der Waals surface area contributed by atoms with Crippen LogP contribution in [0.4, 0.5) is 34.1 Å². The predicted octanol–water partition coefficient (Wildman–Crippen LogP) is 27.6. The molecule has 0 atom stereocenters. The summed E-state index contributed by atoms with van der Waals surface area (Å²) >= 11 is 0. The second-order valence-electron chi connectivity index (χ2n) is 28.1. The van der Waals surface area contributed by atoms with Gasteiger partial charge in [0.05, 0.1) is 0 Å². The van der Waals surface area contributed by atoms with E-state index in [1.54, 1.807) is 0 Å². The molecule has 2 heteroatoms. The summed E-state index contributed by atoms with van der Waals surface area (Å²) in [6.07, 6.45) is 8.98. The summed E-state index contributed by atoms with van der Waals surface area (Å²) in [6, 6.07) is 133. The van der Waals surface area contributed by atoms with Crippen LogP contribution < -0.4 is 9.80 Å². The van der Waals surface area contributed by atoms with Gasteiger partial charge in [-0.1, -0.05) is 343 Å². The Bertz CT molecular complexity index is 5060. The minimum absolute atomic E-state index is 0.212. The number of hydrogen-bond donors (Lipinski definition) is 0. The van der Waals surface area contributed by atoms with Crippen LogP contribution in [0, 0.1) is 0 Å². The van der Waals surface area contributed by atoms with E-state index in [0.29, 0.717) is 0 Å². The first-order valence-electron chi connectivity index (χ1n) is 35.5. The molecule has 15 aromatic carbocycles. The van der Waals surface area contributed by atoms with Crippen molar-refractivity contribution in [3.8, 4) is 89.0 Å². The molecule has 0 fully saturated rings. The van der Waals surface area contributed by atoms with Gasteiger partial charge in [-0.25, -0.2) is 0 Å². The van der Waals surface area contributed by atoms with Gasteiger partial charge < -0.3 is 9.80 Å². The average Bonchev–Trinajstić information content (AvgIpc) is 1.58. The Labute approximate surface area is 600 Å². The molecule has 0 bridgehead atoms. The third-order valence-electron chi connectivity index (χ3n) is 21.1. The van der Waals surface area contributed by atoms with Crippen molar-refractivity contribution in [1.82, 2.24) is 0 Å². The molecule has 0 aliphatic heterocycles. The zero-order chi connectivity index (χ0) is 68.7. The maximum absolute atomic E-state index is 2.42. The van der Waals surface area contributed by atoms with Gasteiger partial charge in [0.1, 0.15) is 0 Å². The van der Waals surface area contributed by atoms with E-state index in [4.69, 9.17) is 0 Å². The van der Waals surface area contributed by atoms with Gasteiger partial charge in [-0.15, -0.1) is 0 Å². The average molecular weight is 1310 g/mol. The van der Waals surface area contributed by atoms with Gasteiger partial charge in [0, 0.05) is 45.0 Å². The van der Waals surface area contributed by atoms with E-state index in [2.05, 4.69) is 426 Å². The van der Waals surface area contributed by atoms with Crippen LogP contribution in [0.15, 0.2) is 364 Å². The van der Waals surface area contributed by atoms with Gasteiger partial charge in [-0.05, 0) is 206 Å². The van der Waals surface area contributed by atoms with Crippen LogP contribution in [0.2, 0.25) is 0 Å². The zero-order valence-electron chi connectivity index (χ0n) is 57.8. The van der Waals surface area contributed by atoms with Crippen LogP contribution in [0.3, 0.4) is 0 Å². The number of nitrogens with zero attached hydrogens (tertiary/aromatic N) is 2. The molecule has 0 radical (unpaired) electrons. The Morgan fingerprint density at radius 2 is 0.363 bits per heavy atom. The standard InChI is InChI=1S/C100H76N2/c1-99(2)95-65-71(33-61-91(95)93-63-59-89(67-97(93)99)101(85-51-43-81(44-52-85)73-17-9-5-10-18-73)86-53-45-82(46-54-86)74-19-11-6-12-20-74)27-25-69-29-35-77(36-30-69)79-39-41-80(42-40-79)78-37-31-70(32-38-78)26-28-72-34-62-92-94-64-60-90(68-98(94)100(3,4)96(92)66-72)102(87-55-47-83(48-56-87)75-21-13-7-14-22-75)88-57-49-84(50-58-88)76-23-15-8-16-24-76/h5-68H,1-4H3/b27-25+,28-26+. The second-order valence-corrected chi connectivity index (χ2v) is 28.1. The van der Waals surface area contributed by atoms with Crippen molar-refractivity contribution >= 4 is 58.4 Å². The molecule has 0 unspecified atom stereocenters. The second kappa shape index (κ2) is 26.6. The summed E-state index contributed by atoms with van der Waals surface area (Å²) in [7, 11) is 0. The molecular formula is C100H76N2. The number of hydrogen-bond acceptors (Lipinski definition) is 2. The van der Waals surface area contributed by atoms with Crippen LogP contribution in [0.1, 0.15) is 72.2 Å². The Morgan fingerprint density at radius 1 is 0.176 bits per heavy atom. The fourth-order valence-electron chi connectivity index (χ4n) is 15.4. The van der Waals surface area contributed by atoms with Crippen LogP contribution in [0.5, 0.6) is 0 Å². The molecule has 0 N–H and O–H groups in total. The third-order valence-corrected chi connectivity index (χ3v) is 21.1. The largest absolute Gasteiger partial charge is 0.310 e. The zero-order valence-corrected chi connectivity index (χ0v) is 57.8. The predicted molar refractivity (Wildman–Crippen MR) is 434 cm³/mol. The van der Waals surface area contributed by atoms with E-state index < -0.39 is 0 Å². The number of rotatable bonds is 16. The van der Waals surface area contributed by atoms with Crippen molar-refractivity contribution in [1.29, 1.82) is 0 Å². The van der Waals surface area contributed by atoms with Crippen molar-refractivity contribution in [2.24, 2.45) is 0 Å². The quantitative estimate of drug-likeness (QED) is 0.0890. The van der Waals surface area contributed by atoms with Crippen molar-refractivity contribution in [3.05, 3.63) is 408 Å². The van der Waals surface area contributed by atoms with E-state index in [1.807, 2.05) is 0 Å². The minimum atomic E-state index is -0.212. The first-order valence-corrected chi connectivity index (χ1v) is 35.5. The SMILES string of the molecule is CC1(C)c2cc(/C=C/c3ccc(-c4ccc(-c5ccc(/C=C/c6ccc7c(c6)C(C)(C)c6cc(N(c8ccc(-c9ccccc9)cc8)c8ccc(-c9ccccc9)cc8)ccc6-7)cc5)cc4)cc3)ccc2-c2ccc(N(c3ccc(-c4ccccc4)cc3)c3ccc(-c4ccccc4)cc3)cc21. The Kier molecular flexibility index (Phi) is 16.4. The molecule has 2 aliphatic rings. The first-order chi connectivity index (χ1) is 50.0.